The molecule has 0 radical (unpaired) electrons. The Kier molecular flexibility index (Phi) is 4.20. The summed E-state index contributed by atoms with van der Waals surface area (Å²) in [6, 6.07) is 6.45. The molecule has 2 rings (SSSR count). The van der Waals surface area contributed by atoms with Crippen molar-refractivity contribution in [2.45, 2.75) is 26.5 Å². The Morgan fingerprint density at radius 2 is 2.15 bits per heavy atom. The van der Waals surface area contributed by atoms with Gasteiger partial charge in [0.05, 0.1) is 6.10 Å². The highest BCUT2D eigenvalue weighted by atomic mass is 19.1. The first-order valence-electron chi connectivity index (χ1n) is 6.40. The monoisotopic (exact) mass is 275 g/mol. The van der Waals surface area contributed by atoms with Gasteiger partial charge in [0, 0.05) is 29.6 Å². The molecule has 0 saturated heterocycles. The van der Waals surface area contributed by atoms with E-state index < -0.39 is 11.9 Å². The molecule has 0 bridgehead atoms. The number of hydrogen-bond donors (Lipinski definition) is 3. The molecule has 106 valence electrons. The predicted octanol–water partition coefficient (Wildman–Crippen LogP) is 2.78. The molecule has 0 amide bonds. The van der Waals surface area contributed by atoms with Gasteiger partial charge in [-0.2, -0.15) is 0 Å². The number of nitrogens with one attached hydrogen (secondary N) is 1. The Bertz CT molecular complexity index is 594. The van der Waals surface area contributed by atoms with Crippen molar-refractivity contribution < 1.29 is 9.50 Å². The van der Waals surface area contributed by atoms with Crippen LogP contribution in [0.4, 0.5) is 15.9 Å². The molecule has 20 heavy (non-hydrogen) atoms. The number of pyridine rings is 1. The fraction of sp³-hybridized carbons (Fsp3) is 0.267. The summed E-state index contributed by atoms with van der Waals surface area (Å²) in [5.74, 6) is 0.0676. The van der Waals surface area contributed by atoms with Crippen molar-refractivity contribution in [2.75, 3.05) is 11.1 Å². The van der Waals surface area contributed by atoms with Gasteiger partial charge in [0.25, 0.3) is 0 Å². The summed E-state index contributed by atoms with van der Waals surface area (Å²) in [5, 5.41) is 12.7. The lowest BCUT2D eigenvalue weighted by Crippen LogP contribution is -2.07. The first-order valence-corrected chi connectivity index (χ1v) is 6.40. The molecule has 5 heteroatoms. The minimum Gasteiger partial charge on any atom is -0.389 e. The largest absolute Gasteiger partial charge is 0.389 e. The highest BCUT2D eigenvalue weighted by Crippen LogP contribution is 2.22. The van der Waals surface area contributed by atoms with E-state index in [1.54, 1.807) is 18.3 Å². The SMILES string of the molecule is Cc1ccnc(N)c1CNc1ccc(F)c(C(C)O)c1. The molecule has 0 saturated carbocycles. The number of aryl methyl sites for hydroxylation is 1. The summed E-state index contributed by atoms with van der Waals surface area (Å²) < 4.78 is 13.5. The Labute approximate surface area is 117 Å². The lowest BCUT2D eigenvalue weighted by atomic mass is 10.1. The van der Waals surface area contributed by atoms with E-state index in [2.05, 4.69) is 10.3 Å². The summed E-state index contributed by atoms with van der Waals surface area (Å²) in [6.07, 6.45) is 0.819. The van der Waals surface area contributed by atoms with E-state index in [4.69, 9.17) is 5.73 Å². The van der Waals surface area contributed by atoms with E-state index in [0.717, 1.165) is 16.8 Å². The van der Waals surface area contributed by atoms with Crippen molar-refractivity contribution in [1.82, 2.24) is 4.98 Å². The van der Waals surface area contributed by atoms with Gasteiger partial charge in [0.15, 0.2) is 0 Å². The molecule has 4 nitrogen and oxygen atoms in total. The van der Waals surface area contributed by atoms with Crippen LogP contribution in [-0.4, -0.2) is 10.1 Å². The van der Waals surface area contributed by atoms with Gasteiger partial charge in [-0.05, 0) is 43.7 Å². The summed E-state index contributed by atoms with van der Waals surface area (Å²) >= 11 is 0. The molecular weight excluding hydrogens is 257 g/mol. The molecule has 0 fully saturated rings. The number of hydrogen-bond acceptors (Lipinski definition) is 4. The summed E-state index contributed by atoms with van der Waals surface area (Å²) in [7, 11) is 0. The van der Waals surface area contributed by atoms with Crippen molar-refractivity contribution in [3.63, 3.8) is 0 Å². The maximum Gasteiger partial charge on any atom is 0.129 e. The molecule has 1 heterocycles. The van der Waals surface area contributed by atoms with Crippen LogP contribution in [0.2, 0.25) is 0 Å². The standard InChI is InChI=1S/C15H18FN3O/c1-9-5-6-18-15(17)13(9)8-19-11-3-4-14(16)12(7-11)10(2)20/h3-7,10,19-20H,8H2,1-2H3,(H2,17,18). The third-order valence-corrected chi connectivity index (χ3v) is 3.24. The van der Waals surface area contributed by atoms with Gasteiger partial charge >= 0.3 is 0 Å². The maximum atomic E-state index is 13.5. The van der Waals surface area contributed by atoms with Gasteiger partial charge in [-0.3, -0.25) is 0 Å². The third-order valence-electron chi connectivity index (χ3n) is 3.24. The highest BCUT2D eigenvalue weighted by Gasteiger charge is 2.09. The van der Waals surface area contributed by atoms with Crippen LogP contribution in [0.15, 0.2) is 30.5 Å². The van der Waals surface area contributed by atoms with Crippen molar-refractivity contribution >= 4 is 11.5 Å². The fourth-order valence-corrected chi connectivity index (χ4v) is 2.00. The quantitative estimate of drug-likeness (QED) is 0.802. The van der Waals surface area contributed by atoms with Gasteiger partial charge in [-0.1, -0.05) is 0 Å². The Hall–Kier alpha value is -2.14. The van der Waals surface area contributed by atoms with Crippen molar-refractivity contribution in [3.05, 3.63) is 53.0 Å². The van der Waals surface area contributed by atoms with Gasteiger partial charge in [-0.15, -0.1) is 0 Å². The second-order valence-corrected chi connectivity index (χ2v) is 4.76. The van der Waals surface area contributed by atoms with E-state index in [-0.39, 0.29) is 5.56 Å². The molecule has 1 aromatic carbocycles. The van der Waals surface area contributed by atoms with Gasteiger partial charge in [0.2, 0.25) is 0 Å². The number of nitrogens with two attached hydrogens (primary N) is 1. The molecule has 0 aliphatic carbocycles. The molecule has 0 spiro atoms. The molecule has 1 atom stereocenters. The van der Waals surface area contributed by atoms with Crippen LogP contribution in [0.25, 0.3) is 0 Å². The lowest BCUT2D eigenvalue weighted by molar-refractivity contribution is 0.194. The molecule has 1 unspecified atom stereocenters. The van der Waals surface area contributed by atoms with Gasteiger partial charge in [0.1, 0.15) is 11.6 Å². The number of nitrogens with zero attached hydrogens (tertiary/aromatic N) is 1. The number of anilines is 2. The fourth-order valence-electron chi connectivity index (χ4n) is 2.00. The van der Waals surface area contributed by atoms with E-state index in [9.17, 15) is 9.50 Å². The summed E-state index contributed by atoms with van der Waals surface area (Å²) in [6.45, 7) is 3.99. The molecule has 0 aliphatic heterocycles. The van der Waals surface area contributed by atoms with Crippen LogP contribution < -0.4 is 11.1 Å². The minimum absolute atomic E-state index is 0.269. The number of benzene rings is 1. The number of aromatic nitrogens is 1. The number of halogens is 1. The Morgan fingerprint density at radius 3 is 2.80 bits per heavy atom. The molecule has 1 aromatic heterocycles. The molecule has 0 aliphatic rings. The normalized spacial score (nSPS) is 12.2. The average Bonchev–Trinajstić information content (AvgIpc) is 2.39. The second kappa shape index (κ2) is 5.88. The van der Waals surface area contributed by atoms with E-state index >= 15 is 0 Å². The van der Waals surface area contributed by atoms with E-state index in [0.29, 0.717) is 12.4 Å². The number of nitrogen functional groups attached to an aromatic ring is 1. The van der Waals surface area contributed by atoms with Crippen LogP contribution in [0.1, 0.15) is 29.7 Å². The average molecular weight is 275 g/mol. The van der Waals surface area contributed by atoms with Gasteiger partial charge in [-0.25, -0.2) is 9.37 Å². The van der Waals surface area contributed by atoms with E-state index in [1.807, 2.05) is 13.0 Å². The van der Waals surface area contributed by atoms with Crippen molar-refractivity contribution in [2.24, 2.45) is 0 Å². The zero-order valence-electron chi connectivity index (χ0n) is 11.5. The Balaban J connectivity index is 2.17. The first-order chi connectivity index (χ1) is 9.49. The topological polar surface area (TPSA) is 71.2 Å². The van der Waals surface area contributed by atoms with Crippen molar-refractivity contribution in [1.29, 1.82) is 0 Å². The van der Waals surface area contributed by atoms with Crippen LogP contribution in [-0.2, 0) is 6.54 Å². The second-order valence-electron chi connectivity index (χ2n) is 4.76. The van der Waals surface area contributed by atoms with E-state index in [1.165, 1.54) is 13.0 Å². The summed E-state index contributed by atoms with van der Waals surface area (Å²) in [5.41, 5.74) is 8.79. The maximum absolute atomic E-state index is 13.5. The lowest BCUT2D eigenvalue weighted by Gasteiger charge is -2.13. The highest BCUT2D eigenvalue weighted by molar-refractivity contribution is 5.50. The minimum atomic E-state index is -0.845. The first kappa shape index (κ1) is 14.3. The van der Waals surface area contributed by atoms with Crippen LogP contribution in [0, 0.1) is 12.7 Å². The summed E-state index contributed by atoms with van der Waals surface area (Å²) in [4.78, 5) is 4.05. The third kappa shape index (κ3) is 3.05. The van der Waals surface area contributed by atoms with Gasteiger partial charge < -0.3 is 16.2 Å². The zero-order chi connectivity index (χ0) is 14.7. The zero-order valence-corrected chi connectivity index (χ0v) is 11.5. The van der Waals surface area contributed by atoms with Crippen LogP contribution >= 0.6 is 0 Å². The van der Waals surface area contributed by atoms with Crippen LogP contribution in [0.3, 0.4) is 0 Å². The number of rotatable bonds is 4. The molecule has 4 N–H and O–H groups in total. The molecular formula is C15H18FN3O. The smallest absolute Gasteiger partial charge is 0.129 e. The Morgan fingerprint density at radius 1 is 1.40 bits per heavy atom. The van der Waals surface area contributed by atoms with Crippen molar-refractivity contribution in [3.8, 4) is 0 Å². The number of aliphatic hydroxyl groups is 1. The number of aliphatic hydroxyl groups excluding tert-OH is 1. The predicted molar refractivity (Wildman–Crippen MR) is 77.7 cm³/mol. The molecule has 2 aromatic rings. The van der Waals surface area contributed by atoms with Crippen LogP contribution in [0.5, 0.6) is 0 Å².